The third-order valence-corrected chi connectivity index (χ3v) is 4.12. The zero-order chi connectivity index (χ0) is 14.8. The van der Waals surface area contributed by atoms with Crippen molar-refractivity contribution in [1.29, 1.82) is 0 Å². The fraction of sp³-hybridized carbons (Fsp3) is 0.600. The number of benzene rings is 1. The molecule has 0 saturated heterocycles. The van der Waals surface area contributed by atoms with Crippen LogP contribution in [0.2, 0.25) is 0 Å². The van der Waals surface area contributed by atoms with Crippen LogP contribution in [0, 0.1) is 11.7 Å². The fourth-order valence-electron chi connectivity index (χ4n) is 3.08. The maximum atomic E-state index is 13.6. The molecule has 2 rings (SSSR count). The van der Waals surface area contributed by atoms with Gasteiger partial charge in [-0.05, 0) is 18.8 Å². The van der Waals surface area contributed by atoms with Crippen LogP contribution in [0.5, 0.6) is 5.75 Å². The van der Waals surface area contributed by atoms with Crippen molar-refractivity contribution in [3.8, 4) is 5.75 Å². The number of anilines is 2. The highest BCUT2D eigenvalue weighted by Crippen LogP contribution is 2.37. The van der Waals surface area contributed by atoms with Crippen LogP contribution in [0.15, 0.2) is 12.1 Å². The Bertz CT molecular complexity index is 481. The molecule has 2 atom stereocenters. The molecular weight excluding hydrogens is 259 g/mol. The second-order valence-corrected chi connectivity index (χ2v) is 5.84. The molecule has 5 heteroatoms. The molecule has 0 aliphatic heterocycles. The summed E-state index contributed by atoms with van der Waals surface area (Å²) in [6.45, 7) is 2.22. The molecule has 2 unspecified atom stereocenters. The van der Waals surface area contributed by atoms with Crippen LogP contribution in [-0.2, 0) is 0 Å². The molecule has 1 aromatic rings. The number of nitrogen functional groups attached to an aromatic ring is 1. The Morgan fingerprint density at radius 1 is 1.55 bits per heavy atom. The molecule has 0 aromatic heterocycles. The second kappa shape index (κ2) is 5.87. The molecule has 0 bridgehead atoms. The number of aliphatic hydroxyl groups excluding tert-OH is 1. The molecule has 1 aliphatic rings. The van der Waals surface area contributed by atoms with Crippen molar-refractivity contribution in [2.24, 2.45) is 5.92 Å². The van der Waals surface area contributed by atoms with Gasteiger partial charge in [-0.2, -0.15) is 0 Å². The minimum atomic E-state index is -0.481. The van der Waals surface area contributed by atoms with Gasteiger partial charge in [-0.1, -0.05) is 19.8 Å². The lowest BCUT2D eigenvalue weighted by atomic mass is 9.76. The first-order chi connectivity index (χ1) is 9.49. The summed E-state index contributed by atoms with van der Waals surface area (Å²) in [4.78, 5) is 0. The third-order valence-electron chi connectivity index (χ3n) is 4.12. The molecular formula is C15H23FN2O2. The van der Waals surface area contributed by atoms with Crippen molar-refractivity contribution in [2.75, 3.05) is 24.8 Å². The molecule has 0 radical (unpaired) electrons. The van der Waals surface area contributed by atoms with E-state index < -0.39 is 5.82 Å². The monoisotopic (exact) mass is 282 g/mol. The number of hydrogen-bond donors (Lipinski definition) is 3. The van der Waals surface area contributed by atoms with E-state index in [1.165, 1.54) is 19.6 Å². The summed E-state index contributed by atoms with van der Waals surface area (Å²) < 4.78 is 18.6. The highest BCUT2D eigenvalue weighted by atomic mass is 19.1. The molecule has 1 aliphatic carbocycles. The van der Waals surface area contributed by atoms with Crippen molar-refractivity contribution in [3.63, 3.8) is 0 Å². The molecule has 1 saturated carbocycles. The molecule has 0 amide bonds. The minimum absolute atomic E-state index is 0.0382. The number of ether oxygens (including phenoxy) is 1. The number of nitrogens with two attached hydrogens (primary N) is 1. The van der Waals surface area contributed by atoms with Crippen molar-refractivity contribution in [1.82, 2.24) is 0 Å². The van der Waals surface area contributed by atoms with Crippen LogP contribution in [0.25, 0.3) is 0 Å². The maximum Gasteiger partial charge on any atom is 0.167 e. The highest BCUT2D eigenvalue weighted by molar-refractivity contribution is 5.69. The van der Waals surface area contributed by atoms with Gasteiger partial charge >= 0.3 is 0 Å². The van der Waals surface area contributed by atoms with Gasteiger partial charge in [0.2, 0.25) is 0 Å². The van der Waals surface area contributed by atoms with Crippen molar-refractivity contribution >= 4 is 11.4 Å². The Hall–Kier alpha value is -1.49. The zero-order valence-electron chi connectivity index (χ0n) is 12.1. The Labute approximate surface area is 119 Å². The largest absolute Gasteiger partial charge is 0.494 e. The van der Waals surface area contributed by atoms with Crippen LogP contribution < -0.4 is 15.8 Å². The van der Waals surface area contributed by atoms with Gasteiger partial charge < -0.3 is 20.9 Å². The average molecular weight is 282 g/mol. The van der Waals surface area contributed by atoms with E-state index in [4.69, 9.17) is 10.5 Å². The van der Waals surface area contributed by atoms with E-state index >= 15 is 0 Å². The van der Waals surface area contributed by atoms with E-state index in [0.717, 1.165) is 19.3 Å². The predicted molar refractivity (Wildman–Crippen MR) is 78.4 cm³/mol. The Balaban J connectivity index is 2.27. The van der Waals surface area contributed by atoms with E-state index in [-0.39, 0.29) is 17.9 Å². The number of methoxy groups -OCH3 is 1. The number of aliphatic hydroxyl groups is 1. The lowest BCUT2D eigenvalue weighted by molar-refractivity contribution is 0.149. The van der Waals surface area contributed by atoms with Crippen LogP contribution in [0.3, 0.4) is 0 Å². The van der Waals surface area contributed by atoms with Gasteiger partial charge in [-0.25, -0.2) is 4.39 Å². The summed E-state index contributed by atoms with van der Waals surface area (Å²) in [6, 6.07) is 2.81. The van der Waals surface area contributed by atoms with Gasteiger partial charge in [0.15, 0.2) is 11.6 Å². The number of rotatable bonds is 4. The molecule has 0 heterocycles. The molecule has 112 valence electrons. The lowest BCUT2D eigenvalue weighted by Gasteiger charge is -2.40. The average Bonchev–Trinajstić information content (AvgIpc) is 2.42. The first-order valence-corrected chi connectivity index (χ1v) is 7.02. The van der Waals surface area contributed by atoms with E-state index in [2.05, 4.69) is 12.2 Å². The fourth-order valence-corrected chi connectivity index (χ4v) is 3.08. The molecule has 20 heavy (non-hydrogen) atoms. The predicted octanol–water partition coefficient (Wildman–Crippen LogP) is 2.77. The Morgan fingerprint density at radius 2 is 2.30 bits per heavy atom. The van der Waals surface area contributed by atoms with E-state index in [0.29, 0.717) is 17.3 Å². The summed E-state index contributed by atoms with van der Waals surface area (Å²) in [5.74, 6) is 0.219. The summed E-state index contributed by atoms with van der Waals surface area (Å²) >= 11 is 0. The van der Waals surface area contributed by atoms with Gasteiger partial charge in [0.1, 0.15) is 0 Å². The third kappa shape index (κ3) is 2.98. The lowest BCUT2D eigenvalue weighted by Crippen LogP contribution is -2.46. The summed E-state index contributed by atoms with van der Waals surface area (Å²) in [7, 11) is 1.42. The van der Waals surface area contributed by atoms with Gasteiger partial charge in [-0.15, -0.1) is 0 Å². The first-order valence-electron chi connectivity index (χ1n) is 7.02. The summed E-state index contributed by atoms with van der Waals surface area (Å²) in [5, 5.41) is 13.1. The van der Waals surface area contributed by atoms with Crippen molar-refractivity contribution in [2.45, 2.75) is 38.1 Å². The topological polar surface area (TPSA) is 67.5 Å². The van der Waals surface area contributed by atoms with E-state index in [1.807, 2.05) is 0 Å². The summed E-state index contributed by atoms with van der Waals surface area (Å²) in [5.41, 5.74) is 6.44. The molecule has 4 N–H and O–H groups in total. The van der Waals surface area contributed by atoms with Gasteiger partial charge in [-0.3, -0.25) is 0 Å². The van der Waals surface area contributed by atoms with Crippen LogP contribution >= 0.6 is 0 Å². The van der Waals surface area contributed by atoms with Gasteiger partial charge in [0, 0.05) is 12.1 Å². The second-order valence-electron chi connectivity index (χ2n) is 5.84. The van der Waals surface area contributed by atoms with E-state index in [9.17, 15) is 9.50 Å². The molecule has 0 spiro atoms. The first kappa shape index (κ1) is 14.9. The van der Waals surface area contributed by atoms with Gasteiger partial charge in [0.05, 0.1) is 30.6 Å². The summed E-state index contributed by atoms with van der Waals surface area (Å²) in [6.07, 6.45) is 3.99. The standard InChI is InChI=1S/C15H23FN2O2/c1-10-4-3-5-15(8-10,9-19)18-13-7-14(20-2)11(16)6-12(13)17/h6-7,10,18-19H,3-5,8-9,17H2,1-2H3. The normalized spacial score (nSPS) is 26.3. The van der Waals surface area contributed by atoms with Crippen molar-refractivity contribution < 1.29 is 14.2 Å². The molecule has 4 nitrogen and oxygen atoms in total. The van der Waals surface area contributed by atoms with Crippen LogP contribution in [-0.4, -0.2) is 24.4 Å². The number of halogens is 1. The SMILES string of the molecule is COc1cc(NC2(CO)CCCC(C)C2)c(N)cc1F. The quantitative estimate of drug-likeness (QED) is 0.743. The van der Waals surface area contributed by atoms with Gasteiger partial charge in [0.25, 0.3) is 0 Å². The highest BCUT2D eigenvalue weighted by Gasteiger charge is 2.34. The smallest absolute Gasteiger partial charge is 0.167 e. The minimum Gasteiger partial charge on any atom is -0.494 e. The van der Waals surface area contributed by atoms with E-state index in [1.54, 1.807) is 6.07 Å². The van der Waals surface area contributed by atoms with Crippen molar-refractivity contribution in [3.05, 3.63) is 17.9 Å². The van der Waals surface area contributed by atoms with Crippen LogP contribution in [0.1, 0.15) is 32.6 Å². The zero-order valence-corrected chi connectivity index (χ0v) is 12.1. The molecule has 1 fully saturated rings. The van der Waals surface area contributed by atoms with Crippen LogP contribution in [0.4, 0.5) is 15.8 Å². The maximum absolute atomic E-state index is 13.6. The number of nitrogens with one attached hydrogen (secondary N) is 1. The Morgan fingerprint density at radius 3 is 2.90 bits per heavy atom. The Kier molecular flexibility index (Phi) is 4.38. The number of hydrogen-bond acceptors (Lipinski definition) is 4. The molecule has 1 aromatic carbocycles.